The lowest BCUT2D eigenvalue weighted by atomic mass is 9.76. The molecule has 2 rings (SSSR count). The van der Waals surface area contributed by atoms with Crippen LogP contribution < -0.4 is 0 Å². The topological polar surface area (TPSA) is 32.7 Å². The monoisotopic (exact) mass is 418 g/mol. The van der Waals surface area contributed by atoms with E-state index >= 15 is 0 Å². The Balaban J connectivity index is 0.00000134. The maximum atomic E-state index is 10.4. The lowest BCUT2D eigenvalue weighted by Crippen LogP contribution is -2.43. The highest BCUT2D eigenvalue weighted by Crippen LogP contribution is 2.41. The second kappa shape index (κ2) is 16.6. The van der Waals surface area contributed by atoms with Crippen molar-refractivity contribution in [2.45, 2.75) is 47.1 Å². The molecule has 3 nitrogen and oxygen atoms in total. The molecule has 2 aromatic rings. The maximum Gasteiger partial charge on any atom is 0.161 e. The van der Waals surface area contributed by atoms with E-state index in [-0.39, 0.29) is 0 Å². The molecule has 0 heterocycles. The number of carbonyl (C=O) groups excluding carboxylic acids is 1. The number of nitrogens with zero attached hydrogens (tertiary/aromatic N) is 2. The molecule has 0 unspecified atom stereocenters. The minimum atomic E-state index is -0.454. The van der Waals surface area contributed by atoms with Gasteiger partial charge in [0.15, 0.2) is 6.29 Å². The second-order valence-electron chi connectivity index (χ2n) is 6.42. The van der Waals surface area contributed by atoms with Crippen LogP contribution in [0, 0.1) is 0 Å². The van der Waals surface area contributed by atoms with E-state index in [0.717, 1.165) is 0 Å². The molecule has 0 saturated heterocycles. The number of aliphatic imine (C=N–C) groups is 1. The molecule has 0 fully saturated rings. The summed E-state index contributed by atoms with van der Waals surface area (Å²) < 4.78 is 0. The van der Waals surface area contributed by atoms with Crippen molar-refractivity contribution < 1.29 is 4.79 Å². The molecule has 0 aliphatic rings. The fraction of sp³-hybridized carbons (Fsp3) is 0.286. The third kappa shape index (κ3) is 7.86. The van der Waals surface area contributed by atoms with E-state index in [1.54, 1.807) is 6.20 Å². The van der Waals surface area contributed by atoms with Crippen molar-refractivity contribution in [1.82, 2.24) is 4.90 Å². The van der Waals surface area contributed by atoms with Crippen molar-refractivity contribution in [3.05, 3.63) is 108 Å². The fourth-order valence-corrected chi connectivity index (χ4v) is 3.21. The summed E-state index contributed by atoms with van der Waals surface area (Å²) in [6, 6.07) is 20.8. The number of rotatable bonds is 7. The van der Waals surface area contributed by atoms with Crippen LogP contribution in [0.4, 0.5) is 0 Å². The molecular formula is C28H38N2O. The first-order valence-electron chi connectivity index (χ1n) is 10.8. The Morgan fingerprint density at radius 3 is 1.68 bits per heavy atom. The zero-order valence-electron chi connectivity index (χ0n) is 20.1. The average molecular weight is 419 g/mol. The number of allylic oxidation sites excluding steroid dienone is 3. The predicted octanol–water partition coefficient (Wildman–Crippen LogP) is 7.18. The SMILES string of the molecule is C/C=C(\C)C(c1ccccc1)(c1ccccc1)N(C)/C=C\N=CC=O.C/C=C\C.CC. The molecule has 0 aliphatic heterocycles. The molecule has 2 aromatic carbocycles. The van der Waals surface area contributed by atoms with E-state index in [1.165, 1.54) is 22.9 Å². The predicted molar refractivity (Wildman–Crippen MR) is 136 cm³/mol. The molecule has 0 amide bonds. The second-order valence-corrected chi connectivity index (χ2v) is 6.42. The first-order valence-corrected chi connectivity index (χ1v) is 10.8. The summed E-state index contributed by atoms with van der Waals surface area (Å²) in [6.07, 6.45) is 11.6. The summed E-state index contributed by atoms with van der Waals surface area (Å²) in [5.74, 6) is 0. The Morgan fingerprint density at radius 2 is 1.32 bits per heavy atom. The van der Waals surface area contributed by atoms with Gasteiger partial charge in [0.25, 0.3) is 0 Å². The van der Waals surface area contributed by atoms with Crippen molar-refractivity contribution in [2.24, 2.45) is 4.99 Å². The number of benzene rings is 2. The van der Waals surface area contributed by atoms with Crippen molar-refractivity contribution in [3.8, 4) is 0 Å². The zero-order chi connectivity index (χ0) is 23.5. The van der Waals surface area contributed by atoms with Crippen LogP contribution in [0.1, 0.15) is 52.7 Å². The molecule has 31 heavy (non-hydrogen) atoms. The quantitative estimate of drug-likeness (QED) is 0.271. The molecular weight excluding hydrogens is 380 g/mol. The van der Waals surface area contributed by atoms with Gasteiger partial charge in [-0.1, -0.05) is 92.7 Å². The molecule has 166 valence electrons. The van der Waals surface area contributed by atoms with Crippen molar-refractivity contribution in [2.75, 3.05) is 7.05 Å². The van der Waals surface area contributed by atoms with E-state index in [4.69, 9.17) is 0 Å². The highest BCUT2D eigenvalue weighted by Gasteiger charge is 2.38. The van der Waals surface area contributed by atoms with Gasteiger partial charge >= 0.3 is 0 Å². The lowest BCUT2D eigenvalue weighted by molar-refractivity contribution is -0.102. The number of likely N-dealkylation sites (N-methyl/N-ethyl adjacent to an activating group) is 1. The van der Waals surface area contributed by atoms with Crippen LogP contribution in [0.5, 0.6) is 0 Å². The highest BCUT2D eigenvalue weighted by molar-refractivity contribution is 6.13. The summed E-state index contributed by atoms with van der Waals surface area (Å²) in [5, 5.41) is 0. The molecule has 0 aliphatic carbocycles. The third-order valence-corrected chi connectivity index (χ3v) is 4.77. The van der Waals surface area contributed by atoms with E-state index in [1.807, 2.05) is 65.2 Å². The Hall–Kier alpha value is -3.20. The van der Waals surface area contributed by atoms with Crippen LogP contribution in [-0.2, 0) is 10.3 Å². The Morgan fingerprint density at radius 1 is 0.871 bits per heavy atom. The Kier molecular flexibility index (Phi) is 14.9. The van der Waals surface area contributed by atoms with Crippen LogP contribution >= 0.6 is 0 Å². The summed E-state index contributed by atoms with van der Waals surface area (Å²) >= 11 is 0. The summed E-state index contributed by atoms with van der Waals surface area (Å²) in [4.78, 5) is 16.6. The number of aldehydes is 1. The standard InChI is InChI=1S/C22H24N2O.C4H8.C2H6/c1-4-19(2)22(20-11-7-5-8-12-20,21-13-9-6-10-14-21)24(3)17-15-23-16-18-25;1-3-4-2;1-2/h4-18H,1-3H3;3-4H,1-2H3;1-2H3/b17-15-,19-4+,23-16?;4-3-;. The first kappa shape index (κ1) is 27.8. The molecule has 0 atom stereocenters. The Bertz CT molecular complexity index is 790. The summed E-state index contributed by atoms with van der Waals surface area (Å²) in [7, 11) is 2.03. The van der Waals surface area contributed by atoms with Crippen LogP contribution in [0.2, 0.25) is 0 Å². The van der Waals surface area contributed by atoms with Gasteiger partial charge < -0.3 is 4.90 Å². The van der Waals surface area contributed by atoms with E-state index in [0.29, 0.717) is 6.29 Å². The lowest BCUT2D eigenvalue weighted by Gasteiger charge is -2.43. The molecule has 3 heteroatoms. The van der Waals surface area contributed by atoms with Gasteiger partial charge in [-0.2, -0.15) is 0 Å². The van der Waals surface area contributed by atoms with E-state index in [2.05, 4.69) is 78.3 Å². The van der Waals surface area contributed by atoms with Crippen molar-refractivity contribution >= 4 is 12.5 Å². The largest absolute Gasteiger partial charge is 0.362 e. The smallest absolute Gasteiger partial charge is 0.161 e. The van der Waals surface area contributed by atoms with Crippen molar-refractivity contribution in [3.63, 3.8) is 0 Å². The van der Waals surface area contributed by atoms with E-state index in [9.17, 15) is 4.79 Å². The van der Waals surface area contributed by atoms with Crippen LogP contribution in [0.15, 0.2) is 102 Å². The summed E-state index contributed by atoms with van der Waals surface area (Å²) in [5.41, 5.74) is 3.09. The van der Waals surface area contributed by atoms with Gasteiger partial charge in [-0.25, -0.2) is 0 Å². The van der Waals surface area contributed by atoms with Crippen LogP contribution in [0.3, 0.4) is 0 Å². The maximum absolute atomic E-state index is 10.4. The first-order chi connectivity index (χ1) is 15.1. The molecule has 0 spiro atoms. The van der Waals surface area contributed by atoms with Gasteiger partial charge in [-0.05, 0) is 44.4 Å². The van der Waals surface area contributed by atoms with Gasteiger partial charge in [-0.15, -0.1) is 0 Å². The summed E-state index contributed by atoms with van der Waals surface area (Å²) in [6.45, 7) is 12.2. The average Bonchev–Trinajstić information content (AvgIpc) is 2.85. The molecule has 0 bridgehead atoms. The number of hydrogen-bond acceptors (Lipinski definition) is 3. The third-order valence-electron chi connectivity index (χ3n) is 4.77. The Labute approximate surface area is 189 Å². The highest BCUT2D eigenvalue weighted by atomic mass is 16.1. The minimum absolute atomic E-state index is 0.454. The van der Waals surface area contributed by atoms with Crippen LogP contribution in [0.25, 0.3) is 0 Å². The van der Waals surface area contributed by atoms with Gasteiger partial charge in [0.1, 0.15) is 5.54 Å². The van der Waals surface area contributed by atoms with Gasteiger partial charge in [0.05, 0.1) is 6.21 Å². The minimum Gasteiger partial charge on any atom is -0.362 e. The van der Waals surface area contributed by atoms with Gasteiger partial charge in [-0.3, -0.25) is 9.79 Å². The van der Waals surface area contributed by atoms with Crippen molar-refractivity contribution in [1.29, 1.82) is 0 Å². The molecule has 0 saturated carbocycles. The fourth-order valence-electron chi connectivity index (χ4n) is 3.21. The van der Waals surface area contributed by atoms with Gasteiger partial charge in [0, 0.05) is 19.4 Å². The number of carbonyl (C=O) groups is 1. The number of hydrogen-bond donors (Lipinski definition) is 0. The van der Waals surface area contributed by atoms with E-state index < -0.39 is 5.54 Å². The zero-order valence-corrected chi connectivity index (χ0v) is 20.1. The van der Waals surface area contributed by atoms with Crippen LogP contribution in [-0.4, -0.2) is 24.4 Å². The normalized spacial score (nSPS) is 11.6. The molecule has 0 aromatic heterocycles. The van der Waals surface area contributed by atoms with Gasteiger partial charge in [0.2, 0.25) is 0 Å². The molecule has 0 radical (unpaired) electrons. The molecule has 0 N–H and O–H groups in total.